The van der Waals surface area contributed by atoms with Crippen LogP contribution in [0.15, 0.2) is 18.3 Å². The molecule has 0 aromatic carbocycles. The van der Waals surface area contributed by atoms with Gasteiger partial charge >= 0.3 is 0 Å². The SMILES string of the molecule is O=C(C1CCOC1)C1CCc2cccnc21. The Morgan fingerprint density at radius 1 is 1.44 bits per heavy atom. The van der Waals surface area contributed by atoms with E-state index in [9.17, 15) is 4.79 Å². The van der Waals surface area contributed by atoms with Crippen LogP contribution in [-0.2, 0) is 16.0 Å². The molecule has 1 aliphatic heterocycles. The Kier molecular flexibility index (Phi) is 2.48. The molecule has 3 rings (SSSR count). The molecule has 84 valence electrons. The molecule has 0 radical (unpaired) electrons. The number of carbonyl (C=O) groups excluding carboxylic acids is 1. The summed E-state index contributed by atoms with van der Waals surface area (Å²) in [5.74, 6) is 0.482. The molecule has 2 atom stereocenters. The predicted molar refractivity (Wildman–Crippen MR) is 59.2 cm³/mol. The molecule has 3 nitrogen and oxygen atoms in total. The number of nitrogens with zero attached hydrogens (tertiary/aromatic N) is 1. The summed E-state index contributed by atoms with van der Waals surface area (Å²) in [6.45, 7) is 1.34. The van der Waals surface area contributed by atoms with Crippen molar-refractivity contribution in [3.8, 4) is 0 Å². The van der Waals surface area contributed by atoms with E-state index in [2.05, 4.69) is 11.1 Å². The molecule has 1 fully saturated rings. The Morgan fingerprint density at radius 2 is 2.38 bits per heavy atom. The van der Waals surface area contributed by atoms with Gasteiger partial charge in [0.1, 0.15) is 5.78 Å². The number of carbonyl (C=O) groups is 1. The van der Waals surface area contributed by atoms with Gasteiger partial charge in [0.2, 0.25) is 0 Å². The van der Waals surface area contributed by atoms with E-state index in [4.69, 9.17) is 4.74 Å². The average Bonchev–Trinajstić information content (AvgIpc) is 2.98. The molecular formula is C13H15NO2. The van der Waals surface area contributed by atoms with Gasteiger partial charge in [-0.3, -0.25) is 9.78 Å². The molecule has 0 N–H and O–H groups in total. The lowest BCUT2D eigenvalue weighted by Crippen LogP contribution is -2.21. The van der Waals surface area contributed by atoms with Crippen LogP contribution in [0.5, 0.6) is 0 Å². The minimum atomic E-state index is 0.0305. The van der Waals surface area contributed by atoms with Crippen molar-refractivity contribution in [1.82, 2.24) is 4.98 Å². The van der Waals surface area contributed by atoms with Crippen molar-refractivity contribution in [3.63, 3.8) is 0 Å². The Balaban J connectivity index is 1.84. The molecule has 1 aromatic rings. The first kappa shape index (κ1) is 9.97. The Bertz CT molecular complexity index is 410. The molecule has 0 saturated carbocycles. The van der Waals surface area contributed by atoms with Gasteiger partial charge in [-0.2, -0.15) is 0 Å². The van der Waals surface area contributed by atoms with E-state index in [1.165, 1.54) is 5.56 Å². The van der Waals surface area contributed by atoms with Crippen LogP contribution in [-0.4, -0.2) is 24.0 Å². The number of ether oxygens (including phenoxy) is 1. The minimum Gasteiger partial charge on any atom is -0.381 e. The van der Waals surface area contributed by atoms with Crippen molar-refractivity contribution in [2.45, 2.75) is 25.2 Å². The van der Waals surface area contributed by atoms with Gasteiger partial charge in [-0.05, 0) is 30.9 Å². The topological polar surface area (TPSA) is 39.2 Å². The largest absolute Gasteiger partial charge is 0.381 e. The van der Waals surface area contributed by atoms with Gasteiger partial charge in [0.05, 0.1) is 18.2 Å². The normalized spacial score (nSPS) is 28.0. The Hall–Kier alpha value is -1.22. The highest BCUT2D eigenvalue weighted by molar-refractivity contribution is 5.88. The van der Waals surface area contributed by atoms with Crippen molar-refractivity contribution in [1.29, 1.82) is 0 Å². The highest BCUT2D eigenvalue weighted by Crippen LogP contribution is 2.35. The number of hydrogen-bond acceptors (Lipinski definition) is 3. The van der Waals surface area contributed by atoms with Crippen LogP contribution < -0.4 is 0 Å². The number of pyridine rings is 1. The molecule has 1 saturated heterocycles. The second-order valence-electron chi connectivity index (χ2n) is 4.60. The van der Waals surface area contributed by atoms with Crippen LogP contribution in [0, 0.1) is 5.92 Å². The molecule has 3 heteroatoms. The van der Waals surface area contributed by atoms with E-state index >= 15 is 0 Å². The molecule has 0 bridgehead atoms. The molecule has 0 spiro atoms. The summed E-state index contributed by atoms with van der Waals surface area (Å²) >= 11 is 0. The molecule has 16 heavy (non-hydrogen) atoms. The maximum absolute atomic E-state index is 12.3. The molecule has 1 aromatic heterocycles. The van der Waals surface area contributed by atoms with E-state index in [0.717, 1.165) is 31.6 Å². The monoisotopic (exact) mass is 217 g/mol. The third kappa shape index (κ3) is 1.55. The maximum atomic E-state index is 12.3. The number of aromatic nitrogens is 1. The lowest BCUT2D eigenvalue weighted by molar-refractivity contribution is -0.124. The second-order valence-corrected chi connectivity index (χ2v) is 4.60. The summed E-state index contributed by atoms with van der Waals surface area (Å²) in [5, 5.41) is 0. The summed E-state index contributed by atoms with van der Waals surface area (Å²) in [4.78, 5) is 16.7. The number of ketones is 1. The highest BCUT2D eigenvalue weighted by Gasteiger charge is 2.35. The number of rotatable bonds is 2. The van der Waals surface area contributed by atoms with Crippen LogP contribution >= 0.6 is 0 Å². The van der Waals surface area contributed by atoms with Crippen LogP contribution in [0.1, 0.15) is 30.0 Å². The first-order chi connectivity index (χ1) is 7.86. The van der Waals surface area contributed by atoms with Crippen molar-refractivity contribution >= 4 is 5.78 Å². The van der Waals surface area contributed by atoms with Crippen LogP contribution in [0.4, 0.5) is 0 Å². The van der Waals surface area contributed by atoms with Crippen molar-refractivity contribution in [3.05, 3.63) is 29.6 Å². The van der Waals surface area contributed by atoms with Gasteiger partial charge < -0.3 is 4.74 Å². The van der Waals surface area contributed by atoms with E-state index in [-0.39, 0.29) is 11.8 Å². The van der Waals surface area contributed by atoms with Gasteiger partial charge in [0.25, 0.3) is 0 Å². The lowest BCUT2D eigenvalue weighted by Gasteiger charge is -2.13. The number of hydrogen-bond donors (Lipinski definition) is 0. The van der Waals surface area contributed by atoms with Crippen molar-refractivity contribution in [2.24, 2.45) is 5.92 Å². The van der Waals surface area contributed by atoms with Gasteiger partial charge in [0, 0.05) is 18.7 Å². The van der Waals surface area contributed by atoms with Gasteiger partial charge in [-0.25, -0.2) is 0 Å². The zero-order valence-electron chi connectivity index (χ0n) is 9.19. The lowest BCUT2D eigenvalue weighted by atomic mass is 9.90. The van der Waals surface area contributed by atoms with Crippen LogP contribution in [0.25, 0.3) is 0 Å². The number of fused-ring (bicyclic) bond motifs is 1. The van der Waals surface area contributed by atoms with E-state index in [0.29, 0.717) is 12.4 Å². The maximum Gasteiger partial charge on any atom is 0.147 e. The summed E-state index contributed by atoms with van der Waals surface area (Å²) in [7, 11) is 0. The fourth-order valence-electron chi connectivity index (χ4n) is 2.73. The van der Waals surface area contributed by atoms with Gasteiger partial charge in [0.15, 0.2) is 0 Å². The quantitative estimate of drug-likeness (QED) is 0.757. The minimum absolute atomic E-state index is 0.0305. The zero-order chi connectivity index (χ0) is 11.0. The first-order valence-electron chi connectivity index (χ1n) is 5.91. The molecule has 2 aliphatic rings. The highest BCUT2D eigenvalue weighted by atomic mass is 16.5. The van der Waals surface area contributed by atoms with Gasteiger partial charge in [-0.15, -0.1) is 0 Å². The fraction of sp³-hybridized carbons (Fsp3) is 0.538. The fourth-order valence-corrected chi connectivity index (χ4v) is 2.73. The summed E-state index contributed by atoms with van der Waals surface area (Å²) in [6, 6.07) is 4.03. The van der Waals surface area contributed by atoms with Crippen LogP contribution in [0.2, 0.25) is 0 Å². The Morgan fingerprint density at radius 3 is 3.19 bits per heavy atom. The average molecular weight is 217 g/mol. The third-order valence-corrected chi connectivity index (χ3v) is 3.63. The molecule has 2 unspecified atom stereocenters. The van der Waals surface area contributed by atoms with E-state index in [1.54, 1.807) is 6.20 Å². The predicted octanol–water partition coefficient (Wildman–Crippen LogP) is 1.72. The Labute approximate surface area is 94.8 Å². The van der Waals surface area contributed by atoms with Crippen molar-refractivity contribution < 1.29 is 9.53 Å². The van der Waals surface area contributed by atoms with Crippen LogP contribution in [0.3, 0.4) is 0 Å². The molecule has 2 heterocycles. The smallest absolute Gasteiger partial charge is 0.147 e. The summed E-state index contributed by atoms with van der Waals surface area (Å²) in [6.07, 6.45) is 4.60. The van der Waals surface area contributed by atoms with E-state index < -0.39 is 0 Å². The number of Topliss-reactive ketones (excluding diaryl/α,β-unsaturated/α-hetero) is 1. The second kappa shape index (κ2) is 3.98. The van der Waals surface area contributed by atoms with Crippen molar-refractivity contribution in [2.75, 3.05) is 13.2 Å². The summed E-state index contributed by atoms with van der Waals surface area (Å²) in [5.41, 5.74) is 2.26. The third-order valence-electron chi connectivity index (χ3n) is 3.63. The molecule has 0 amide bonds. The first-order valence-corrected chi connectivity index (χ1v) is 5.91. The zero-order valence-corrected chi connectivity index (χ0v) is 9.19. The summed E-state index contributed by atoms with van der Waals surface area (Å²) < 4.78 is 5.28. The standard InChI is InChI=1S/C13H15NO2/c15-13(10-5-7-16-8-10)11-4-3-9-2-1-6-14-12(9)11/h1-2,6,10-11H,3-5,7-8H2. The van der Waals surface area contributed by atoms with Gasteiger partial charge in [-0.1, -0.05) is 6.07 Å². The molecular weight excluding hydrogens is 202 g/mol. The number of aryl methyl sites for hydroxylation is 1. The van der Waals surface area contributed by atoms with E-state index in [1.807, 2.05) is 6.07 Å². The molecule has 1 aliphatic carbocycles.